The Balaban J connectivity index is 2.96. The third-order valence-corrected chi connectivity index (χ3v) is 4.13. The molecule has 0 aliphatic heterocycles. The summed E-state index contributed by atoms with van der Waals surface area (Å²) in [5, 5.41) is 0. The van der Waals surface area contributed by atoms with Crippen LogP contribution in [-0.4, -0.2) is 40.6 Å². The van der Waals surface area contributed by atoms with E-state index in [0.29, 0.717) is 17.7 Å². The molecule has 3 N–H and O–H groups in total. The predicted octanol–water partition coefficient (Wildman–Crippen LogP) is -0.436. The molecule has 1 aromatic rings. The van der Waals surface area contributed by atoms with Crippen molar-refractivity contribution in [2.75, 3.05) is 20.3 Å². The van der Waals surface area contributed by atoms with Gasteiger partial charge in [-0.1, -0.05) is 6.92 Å². The number of nitrogens with one attached hydrogen (secondary N) is 1. The summed E-state index contributed by atoms with van der Waals surface area (Å²) in [6.07, 6.45) is 0.496. The fourth-order valence-electron chi connectivity index (χ4n) is 1.59. The number of rotatable bonds is 8. The normalized spacial score (nSPS) is 11.0. The number of aryl methyl sites for hydroxylation is 1. The number of esters is 1. The summed E-state index contributed by atoms with van der Waals surface area (Å²) < 4.78 is 35.8. The molecule has 0 fully saturated rings. The van der Waals surface area contributed by atoms with E-state index >= 15 is 0 Å². The molecule has 0 atom stereocenters. The number of sulfonamides is 1. The van der Waals surface area contributed by atoms with Gasteiger partial charge >= 0.3 is 5.97 Å². The molecule has 122 valence electrons. The summed E-state index contributed by atoms with van der Waals surface area (Å²) in [5.41, 5.74) is 5.51. The molecule has 1 rings (SSSR count). The number of nitrogens with two attached hydrogens (primary N) is 1. The minimum Gasteiger partial charge on any atom is -0.482 e. The van der Waals surface area contributed by atoms with E-state index in [4.69, 9.17) is 10.5 Å². The van der Waals surface area contributed by atoms with Gasteiger partial charge in [-0.05, 0) is 30.2 Å². The van der Waals surface area contributed by atoms with Crippen LogP contribution in [0.1, 0.15) is 12.5 Å². The van der Waals surface area contributed by atoms with Gasteiger partial charge in [-0.25, -0.2) is 17.9 Å². The number of primary amides is 1. The van der Waals surface area contributed by atoms with Gasteiger partial charge in [0.1, 0.15) is 5.75 Å². The first-order valence-corrected chi connectivity index (χ1v) is 7.89. The first-order chi connectivity index (χ1) is 10.3. The molecule has 0 radical (unpaired) electrons. The van der Waals surface area contributed by atoms with Crippen molar-refractivity contribution < 1.29 is 27.5 Å². The maximum absolute atomic E-state index is 12.0. The van der Waals surface area contributed by atoms with E-state index in [2.05, 4.69) is 9.46 Å². The largest absolute Gasteiger partial charge is 0.482 e. The highest BCUT2D eigenvalue weighted by atomic mass is 32.2. The third kappa shape index (κ3) is 5.01. The van der Waals surface area contributed by atoms with Gasteiger partial charge in [-0.15, -0.1) is 0 Å². The van der Waals surface area contributed by atoms with Crippen molar-refractivity contribution in [1.29, 1.82) is 0 Å². The van der Waals surface area contributed by atoms with Crippen LogP contribution in [0.4, 0.5) is 0 Å². The van der Waals surface area contributed by atoms with E-state index in [1.807, 2.05) is 6.92 Å². The van der Waals surface area contributed by atoms with Crippen LogP contribution < -0.4 is 15.2 Å². The first-order valence-electron chi connectivity index (χ1n) is 6.40. The lowest BCUT2D eigenvalue weighted by molar-refractivity contribution is -0.142. The topological polar surface area (TPSA) is 125 Å². The highest BCUT2D eigenvalue weighted by Crippen LogP contribution is 2.23. The molecular weight excluding hydrogens is 312 g/mol. The van der Waals surface area contributed by atoms with Crippen LogP contribution >= 0.6 is 0 Å². The van der Waals surface area contributed by atoms with Gasteiger partial charge in [0.15, 0.2) is 6.61 Å². The fourth-order valence-corrected chi connectivity index (χ4v) is 2.63. The second-order valence-electron chi connectivity index (χ2n) is 4.28. The van der Waals surface area contributed by atoms with Crippen molar-refractivity contribution in [2.24, 2.45) is 5.73 Å². The standard InChI is InChI=1S/C13H18N2O6S/c1-3-9-6-10(22(18,19)15-7-12(14)16)4-5-11(9)21-8-13(17)20-2/h4-6,15H,3,7-8H2,1-2H3,(H2,14,16). The summed E-state index contributed by atoms with van der Waals surface area (Å²) in [6, 6.07) is 4.17. The number of hydrogen-bond acceptors (Lipinski definition) is 6. The maximum Gasteiger partial charge on any atom is 0.343 e. The summed E-state index contributed by atoms with van der Waals surface area (Å²) in [7, 11) is -2.60. The number of carbonyl (C=O) groups is 2. The van der Waals surface area contributed by atoms with Gasteiger partial charge in [0, 0.05) is 0 Å². The van der Waals surface area contributed by atoms with Gasteiger partial charge in [-0.3, -0.25) is 4.79 Å². The van der Waals surface area contributed by atoms with Crippen molar-refractivity contribution in [2.45, 2.75) is 18.2 Å². The lowest BCUT2D eigenvalue weighted by atomic mass is 10.1. The van der Waals surface area contributed by atoms with Gasteiger partial charge in [0.05, 0.1) is 18.6 Å². The quantitative estimate of drug-likeness (QED) is 0.623. The van der Waals surface area contributed by atoms with Crippen LogP contribution in [0.25, 0.3) is 0 Å². The average molecular weight is 330 g/mol. The highest BCUT2D eigenvalue weighted by Gasteiger charge is 2.17. The second-order valence-corrected chi connectivity index (χ2v) is 6.05. The molecule has 8 nitrogen and oxygen atoms in total. The highest BCUT2D eigenvalue weighted by molar-refractivity contribution is 7.89. The van der Waals surface area contributed by atoms with Crippen LogP contribution in [-0.2, 0) is 30.8 Å². The predicted molar refractivity (Wildman–Crippen MR) is 77.7 cm³/mol. The Morgan fingerprint density at radius 3 is 2.55 bits per heavy atom. The molecule has 0 saturated heterocycles. The molecule has 0 aromatic heterocycles. The monoisotopic (exact) mass is 330 g/mol. The Kier molecular flexibility index (Phi) is 6.32. The van der Waals surface area contributed by atoms with E-state index in [-0.39, 0.29) is 11.5 Å². The molecule has 0 aliphatic carbocycles. The molecule has 22 heavy (non-hydrogen) atoms. The average Bonchev–Trinajstić information content (AvgIpc) is 2.50. The number of benzene rings is 1. The Labute approximate surface area is 128 Å². The zero-order chi connectivity index (χ0) is 16.8. The molecule has 0 spiro atoms. The zero-order valence-electron chi connectivity index (χ0n) is 12.3. The van der Waals surface area contributed by atoms with E-state index in [0.717, 1.165) is 0 Å². The lowest BCUT2D eigenvalue weighted by Crippen LogP contribution is -2.33. The minimum absolute atomic E-state index is 0.0176. The molecule has 0 aliphatic rings. The van der Waals surface area contributed by atoms with Gasteiger partial charge in [-0.2, -0.15) is 0 Å². The van der Waals surface area contributed by atoms with Crippen molar-refractivity contribution in [1.82, 2.24) is 4.72 Å². The van der Waals surface area contributed by atoms with Crippen molar-refractivity contribution in [3.8, 4) is 5.75 Å². The number of ether oxygens (including phenoxy) is 2. The zero-order valence-corrected chi connectivity index (χ0v) is 13.1. The van der Waals surface area contributed by atoms with E-state index in [9.17, 15) is 18.0 Å². The second kappa shape index (κ2) is 7.76. The van der Waals surface area contributed by atoms with E-state index in [1.165, 1.54) is 25.3 Å². The number of carbonyl (C=O) groups excluding carboxylic acids is 2. The van der Waals surface area contributed by atoms with E-state index in [1.54, 1.807) is 0 Å². The summed E-state index contributed by atoms with van der Waals surface area (Å²) in [5.74, 6) is -0.930. The Bertz CT molecular complexity index is 656. The molecule has 0 unspecified atom stereocenters. The SMILES string of the molecule is CCc1cc(S(=O)(=O)NCC(N)=O)ccc1OCC(=O)OC. The fraction of sp³-hybridized carbons (Fsp3) is 0.385. The van der Waals surface area contributed by atoms with Gasteiger partial charge in [0.25, 0.3) is 0 Å². The molecular formula is C13H18N2O6S. The van der Waals surface area contributed by atoms with Crippen molar-refractivity contribution in [3.63, 3.8) is 0 Å². The van der Waals surface area contributed by atoms with Gasteiger partial charge < -0.3 is 15.2 Å². The smallest absolute Gasteiger partial charge is 0.343 e. The van der Waals surface area contributed by atoms with Crippen LogP contribution in [0.5, 0.6) is 5.75 Å². The van der Waals surface area contributed by atoms with Gasteiger partial charge in [0.2, 0.25) is 15.9 Å². The van der Waals surface area contributed by atoms with Crippen molar-refractivity contribution in [3.05, 3.63) is 23.8 Å². The van der Waals surface area contributed by atoms with Crippen LogP contribution in [0.15, 0.2) is 23.1 Å². The van der Waals surface area contributed by atoms with Crippen LogP contribution in [0.3, 0.4) is 0 Å². The molecule has 9 heteroatoms. The Hall–Kier alpha value is -2.13. The Morgan fingerprint density at radius 1 is 1.32 bits per heavy atom. The number of methoxy groups -OCH3 is 1. The van der Waals surface area contributed by atoms with Crippen LogP contribution in [0, 0.1) is 0 Å². The minimum atomic E-state index is -3.84. The first kappa shape index (κ1) is 17.9. The summed E-state index contributed by atoms with van der Waals surface area (Å²) in [4.78, 5) is 21.7. The summed E-state index contributed by atoms with van der Waals surface area (Å²) in [6.45, 7) is 1.06. The molecule has 0 saturated carbocycles. The summed E-state index contributed by atoms with van der Waals surface area (Å²) >= 11 is 0. The molecule has 0 bridgehead atoms. The van der Waals surface area contributed by atoms with Crippen molar-refractivity contribution >= 4 is 21.9 Å². The maximum atomic E-state index is 12.0. The lowest BCUT2D eigenvalue weighted by Gasteiger charge is -2.12. The van der Waals surface area contributed by atoms with Crippen LogP contribution in [0.2, 0.25) is 0 Å². The number of hydrogen-bond donors (Lipinski definition) is 2. The third-order valence-electron chi connectivity index (χ3n) is 2.73. The molecule has 1 amide bonds. The molecule has 0 heterocycles. The van der Waals surface area contributed by atoms with E-state index < -0.39 is 28.4 Å². The molecule has 1 aromatic carbocycles. The Morgan fingerprint density at radius 2 is 2.00 bits per heavy atom. The number of amides is 1.